The lowest BCUT2D eigenvalue weighted by Gasteiger charge is -2.17. The Kier molecular flexibility index (Phi) is 4.10. The number of pyridine rings is 1. The summed E-state index contributed by atoms with van der Waals surface area (Å²) in [5, 5.41) is 0. The van der Waals surface area contributed by atoms with Crippen LogP contribution in [-0.2, 0) is 14.8 Å². The van der Waals surface area contributed by atoms with Crippen LogP contribution in [0.25, 0.3) is 0 Å². The van der Waals surface area contributed by atoms with Crippen LogP contribution >= 0.6 is 0 Å². The number of aromatic nitrogens is 1. The molecular formula is C15H14FN3O3S. The Labute approximate surface area is 133 Å². The molecule has 120 valence electrons. The van der Waals surface area contributed by atoms with Crippen molar-refractivity contribution in [2.75, 3.05) is 11.4 Å². The van der Waals surface area contributed by atoms with E-state index < -0.39 is 21.9 Å². The molecule has 1 aromatic heterocycles. The van der Waals surface area contributed by atoms with Crippen LogP contribution in [-0.4, -0.2) is 31.9 Å². The summed E-state index contributed by atoms with van der Waals surface area (Å²) in [5.41, 5.74) is 0.415. The van der Waals surface area contributed by atoms with Gasteiger partial charge in [-0.3, -0.25) is 9.78 Å². The van der Waals surface area contributed by atoms with Crippen molar-refractivity contribution in [1.82, 2.24) is 9.71 Å². The Hall–Kier alpha value is -2.32. The van der Waals surface area contributed by atoms with Gasteiger partial charge in [-0.1, -0.05) is 6.07 Å². The molecular weight excluding hydrogens is 321 g/mol. The molecule has 6 nitrogen and oxygen atoms in total. The Morgan fingerprint density at radius 1 is 1.26 bits per heavy atom. The molecule has 1 amide bonds. The molecule has 0 spiro atoms. The van der Waals surface area contributed by atoms with Gasteiger partial charge >= 0.3 is 0 Å². The molecule has 1 N–H and O–H groups in total. The third kappa shape index (κ3) is 3.38. The molecule has 1 saturated heterocycles. The fraction of sp³-hybridized carbons (Fsp3) is 0.200. The number of halogens is 1. The molecule has 0 unspecified atom stereocenters. The summed E-state index contributed by atoms with van der Waals surface area (Å²) in [6.07, 6.45) is 2.74. The Balaban J connectivity index is 1.76. The minimum Gasteiger partial charge on any atom is -0.311 e. The molecule has 1 aliphatic rings. The van der Waals surface area contributed by atoms with Crippen molar-refractivity contribution in [3.63, 3.8) is 0 Å². The Morgan fingerprint density at radius 2 is 2.09 bits per heavy atom. The van der Waals surface area contributed by atoms with Crippen LogP contribution in [0.4, 0.5) is 10.1 Å². The second-order valence-electron chi connectivity index (χ2n) is 5.20. The quantitative estimate of drug-likeness (QED) is 0.913. The van der Waals surface area contributed by atoms with Gasteiger partial charge in [0.15, 0.2) is 0 Å². The molecule has 8 heteroatoms. The number of sulfonamides is 1. The van der Waals surface area contributed by atoms with Crippen molar-refractivity contribution >= 4 is 21.6 Å². The first-order chi connectivity index (χ1) is 11.0. The van der Waals surface area contributed by atoms with Crippen LogP contribution in [0.15, 0.2) is 53.7 Å². The van der Waals surface area contributed by atoms with Gasteiger partial charge in [0.1, 0.15) is 10.7 Å². The summed E-state index contributed by atoms with van der Waals surface area (Å²) in [6.45, 7) is 0.155. The molecule has 0 radical (unpaired) electrons. The van der Waals surface area contributed by atoms with Gasteiger partial charge in [-0.05, 0) is 30.3 Å². The number of hydrogen-bond donors (Lipinski definition) is 1. The van der Waals surface area contributed by atoms with Crippen molar-refractivity contribution in [3.8, 4) is 0 Å². The third-order valence-corrected chi connectivity index (χ3v) is 5.02. The van der Waals surface area contributed by atoms with E-state index in [2.05, 4.69) is 9.71 Å². The number of carbonyl (C=O) groups excluding carboxylic acids is 1. The molecule has 1 aliphatic heterocycles. The highest BCUT2D eigenvalue weighted by atomic mass is 32.2. The maximum atomic E-state index is 13.3. The number of carbonyl (C=O) groups is 1. The van der Waals surface area contributed by atoms with Crippen molar-refractivity contribution in [3.05, 3.63) is 54.6 Å². The van der Waals surface area contributed by atoms with Gasteiger partial charge in [0.05, 0.1) is 0 Å². The van der Waals surface area contributed by atoms with Gasteiger partial charge < -0.3 is 4.90 Å². The predicted molar refractivity (Wildman–Crippen MR) is 81.7 cm³/mol. The van der Waals surface area contributed by atoms with Crippen LogP contribution in [0, 0.1) is 5.82 Å². The summed E-state index contributed by atoms with van der Waals surface area (Å²) in [4.78, 5) is 17.3. The number of nitrogens with zero attached hydrogens (tertiary/aromatic N) is 2. The highest BCUT2D eigenvalue weighted by molar-refractivity contribution is 7.89. The SMILES string of the molecule is O=C1C[C@H](NS(=O)(=O)c2cccnc2)CN1c1cccc(F)c1. The highest BCUT2D eigenvalue weighted by Crippen LogP contribution is 2.23. The molecule has 1 atom stereocenters. The summed E-state index contributed by atoms with van der Waals surface area (Å²) >= 11 is 0. The van der Waals surface area contributed by atoms with Gasteiger partial charge in [-0.2, -0.15) is 0 Å². The normalized spacial score (nSPS) is 18.4. The average Bonchev–Trinajstić information content (AvgIpc) is 2.88. The summed E-state index contributed by atoms with van der Waals surface area (Å²) in [6, 6.07) is 8.02. The number of benzene rings is 1. The van der Waals surface area contributed by atoms with Gasteiger partial charge in [-0.15, -0.1) is 0 Å². The minimum atomic E-state index is -3.75. The molecule has 0 aliphatic carbocycles. The predicted octanol–water partition coefficient (Wildman–Crippen LogP) is 1.30. The lowest BCUT2D eigenvalue weighted by atomic mass is 10.3. The van der Waals surface area contributed by atoms with Crippen molar-refractivity contribution in [2.45, 2.75) is 17.4 Å². The topological polar surface area (TPSA) is 79.4 Å². The first-order valence-electron chi connectivity index (χ1n) is 6.94. The second kappa shape index (κ2) is 6.05. The van der Waals surface area contributed by atoms with Gasteiger partial charge in [-0.25, -0.2) is 17.5 Å². The zero-order chi connectivity index (χ0) is 16.4. The van der Waals surface area contributed by atoms with Crippen LogP contribution in [0.3, 0.4) is 0 Å². The number of anilines is 1. The van der Waals surface area contributed by atoms with Crippen LogP contribution < -0.4 is 9.62 Å². The largest absolute Gasteiger partial charge is 0.311 e. The molecule has 23 heavy (non-hydrogen) atoms. The lowest BCUT2D eigenvalue weighted by Crippen LogP contribution is -2.37. The van der Waals surface area contributed by atoms with E-state index in [1.165, 1.54) is 47.6 Å². The molecule has 0 bridgehead atoms. The maximum absolute atomic E-state index is 13.3. The van der Waals surface area contributed by atoms with Crippen molar-refractivity contribution < 1.29 is 17.6 Å². The monoisotopic (exact) mass is 335 g/mol. The van der Waals surface area contributed by atoms with E-state index in [-0.39, 0.29) is 23.8 Å². The van der Waals surface area contributed by atoms with E-state index in [1.54, 1.807) is 6.07 Å². The van der Waals surface area contributed by atoms with Crippen LogP contribution in [0.1, 0.15) is 6.42 Å². The van der Waals surface area contributed by atoms with E-state index in [9.17, 15) is 17.6 Å². The number of amides is 1. The standard InChI is InChI=1S/C15H14FN3O3S/c16-11-3-1-4-13(7-11)19-10-12(8-15(19)20)18-23(21,22)14-5-2-6-17-9-14/h1-7,9,12,18H,8,10H2/t12-/m0/s1. The van der Waals surface area contributed by atoms with Crippen molar-refractivity contribution in [1.29, 1.82) is 0 Å². The van der Waals surface area contributed by atoms with E-state index in [0.29, 0.717) is 5.69 Å². The van der Waals surface area contributed by atoms with E-state index >= 15 is 0 Å². The van der Waals surface area contributed by atoms with Crippen LogP contribution in [0.2, 0.25) is 0 Å². The summed E-state index contributed by atoms with van der Waals surface area (Å²) in [5.74, 6) is -0.704. The third-order valence-electron chi connectivity index (χ3n) is 3.51. The zero-order valence-corrected chi connectivity index (χ0v) is 12.8. The molecule has 1 aromatic carbocycles. The molecule has 2 heterocycles. The fourth-order valence-electron chi connectivity index (χ4n) is 2.47. The van der Waals surface area contributed by atoms with Gasteiger partial charge in [0.25, 0.3) is 0 Å². The van der Waals surface area contributed by atoms with Crippen LogP contribution in [0.5, 0.6) is 0 Å². The number of nitrogens with one attached hydrogen (secondary N) is 1. The smallest absolute Gasteiger partial charge is 0.242 e. The van der Waals surface area contributed by atoms with Crippen molar-refractivity contribution in [2.24, 2.45) is 0 Å². The lowest BCUT2D eigenvalue weighted by molar-refractivity contribution is -0.117. The number of rotatable bonds is 4. The Bertz CT molecular complexity index is 827. The minimum absolute atomic E-state index is 0.0238. The molecule has 0 saturated carbocycles. The molecule has 2 aromatic rings. The highest BCUT2D eigenvalue weighted by Gasteiger charge is 2.33. The van der Waals surface area contributed by atoms with E-state index in [0.717, 1.165) is 0 Å². The zero-order valence-electron chi connectivity index (χ0n) is 12.0. The summed E-state index contributed by atoms with van der Waals surface area (Å²) < 4.78 is 40.3. The summed E-state index contributed by atoms with van der Waals surface area (Å²) in [7, 11) is -3.75. The van der Waals surface area contributed by atoms with Gasteiger partial charge in [0.2, 0.25) is 15.9 Å². The van der Waals surface area contributed by atoms with E-state index in [4.69, 9.17) is 0 Å². The second-order valence-corrected chi connectivity index (χ2v) is 6.91. The molecule has 3 rings (SSSR count). The average molecular weight is 335 g/mol. The van der Waals surface area contributed by atoms with Gasteiger partial charge in [0, 0.05) is 37.1 Å². The number of hydrogen-bond acceptors (Lipinski definition) is 4. The van der Waals surface area contributed by atoms with E-state index in [1.807, 2.05) is 0 Å². The molecule has 1 fully saturated rings. The maximum Gasteiger partial charge on any atom is 0.242 e. The first kappa shape index (κ1) is 15.6. The Morgan fingerprint density at radius 3 is 2.78 bits per heavy atom. The fourth-order valence-corrected chi connectivity index (χ4v) is 3.66. The first-order valence-corrected chi connectivity index (χ1v) is 8.42.